The van der Waals surface area contributed by atoms with Crippen LogP contribution in [0.4, 0.5) is 28.9 Å². The van der Waals surface area contributed by atoms with Gasteiger partial charge in [0.05, 0.1) is 0 Å². The zero-order valence-electron chi connectivity index (χ0n) is 9.47. The maximum atomic E-state index is 13.5. The molecule has 20 heavy (non-hydrogen) atoms. The van der Waals surface area contributed by atoms with Crippen LogP contribution >= 0.6 is 45.2 Å². The SMILES string of the molecule is Fc1cc(I)cc(F)c1N=Nc1c(F)cc(I)cc1F. The average Bonchev–Trinajstić information content (AvgIpc) is 2.30. The maximum Gasteiger partial charge on any atom is 0.157 e. The van der Waals surface area contributed by atoms with E-state index in [9.17, 15) is 17.6 Å². The highest BCUT2D eigenvalue weighted by Gasteiger charge is 2.13. The topological polar surface area (TPSA) is 24.7 Å². The number of nitrogens with zero attached hydrogens (tertiary/aromatic N) is 2. The Morgan fingerprint density at radius 3 is 1.10 bits per heavy atom. The summed E-state index contributed by atoms with van der Waals surface area (Å²) < 4.78 is 54.6. The molecule has 2 nitrogen and oxygen atoms in total. The van der Waals surface area contributed by atoms with Gasteiger partial charge in [-0.25, -0.2) is 17.6 Å². The molecule has 2 rings (SSSR count). The summed E-state index contributed by atoms with van der Waals surface area (Å²) in [6.45, 7) is 0. The first-order valence-electron chi connectivity index (χ1n) is 5.09. The molecule has 0 saturated carbocycles. The lowest BCUT2D eigenvalue weighted by molar-refractivity contribution is 0.575. The summed E-state index contributed by atoms with van der Waals surface area (Å²) in [5, 5.41) is 6.51. The lowest BCUT2D eigenvalue weighted by Crippen LogP contribution is -1.86. The third-order valence-electron chi connectivity index (χ3n) is 2.21. The summed E-state index contributed by atoms with van der Waals surface area (Å²) in [5.41, 5.74) is -1.38. The number of rotatable bonds is 2. The van der Waals surface area contributed by atoms with Crippen LogP contribution in [0.3, 0.4) is 0 Å². The number of halogens is 6. The lowest BCUT2D eigenvalue weighted by Gasteiger charge is -2.01. The Labute approximate surface area is 138 Å². The van der Waals surface area contributed by atoms with Crippen molar-refractivity contribution < 1.29 is 17.6 Å². The highest BCUT2D eigenvalue weighted by atomic mass is 127. The molecule has 0 atom stereocenters. The van der Waals surface area contributed by atoms with E-state index < -0.39 is 34.6 Å². The summed E-state index contributed by atoms with van der Waals surface area (Å²) in [6, 6.07) is 4.16. The van der Waals surface area contributed by atoms with Crippen LogP contribution in [0.1, 0.15) is 0 Å². The lowest BCUT2D eigenvalue weighted by atomic mass is 10.3. The van der Waals surface area contributed by atoms with Gasteiger partial charge in [-0.15, -0.1) is 10.2 Å². The molecule has 0 aliphatic heterocycles. The van der Waals surface area contributed by atoms with Gasteiger partial charge < -0.3 is 0 Å². The van der Waals surface area contributed by atoms with Crippen molar-refractivity contribution in [2.75, 3.05) is 0 Å². The number of azo groups is 1. The van der Waals surface area contributed by atoms with Gasteiger partial charge in [0.15, 0.2) is 34.6 Å². The zero-order chi connectivity index (χ0) is 14.9. The molecule has 0 heterocycles. The fourth-order valence-corrected chi connectivity index (χ4v) is 2.45. The van der Waals surface area contributed by atoms with Crippen LogP contribution in [0.2, 0.25) is 0 Å². The number of hydrogen-bond donors (Lipinski definition) is 0. The van der Waals surface area contributed by atoms with Crippen LogP contribution in [-0.2, 0) is 0 Å². The number of hydrogen-bond acceptors (Lipinski definition) is 2. The Morgan fingerprint density at radius 2 is 0.850 bits per heavy atom. The van der Waals surface area contributed by atoms with Crippen LogP contribution in [0.25, 0.3) is 0 Å². The third kappa shape index (κ3) is 3.45. The summed E-state index contributed by atoms with van der Waals surface area (Å²) in [4.78, 5) is 0. The predicted molar refractivity (Wildman–Crippen MR) is 82.3 cm³/mol. The highest BCUT2D eigenvalue weighted by Crippen LogP contribution is 2.29. The minimum absolute atomic E-state index is 0.336. The molecular formula is C12H4F4I2N2. The maximum absolute atomic E-state index is 13.5. The van der Waals surface area contributed by atoms with Gasteiger partial charge in [-0.05, 0) is 69.4 Å². The first-order valence-corrected chi connectivity index (χ1v) is 7.25. The van der Waals surface area contributed by atoms with Gasteiger partial charge in [-0.3, -0.25) is 0 Å². The van der Waals surface area contributed by atoms with Crippen LogP contribution in [-0.4, -0.2) is 0 Å². The van der Waals surface area contributed by atoms with Crippen molar-refractivity contribution in [3.63, 3.8) is 0 Å². The molecule has 0 saturated heterocycles. The van der Waals surface area contributed by atoms with E-state index in [-0.39, 0.29) is 0 Å². The van der Waals surface area contributed by atoms with Gasteiger partial charge in [0.2, 0.25) is 0 Å². The molecule has 2 aromatic carbocycles. The predicted octanol–water partition coefficient (Wildman–Crippen LogP) is 5.87. The molecule has 0 aliphatic rings. The Hall–Kier alpha value is -0.780. The average molecular weight is 506 g/mol. The molecule has 104 valence electrons. The molecule has 0 fully saturated rings. The van der Waals surface area contributed by atoms with Gasteiger partial charge in [0.1, 0.15) is 0 Å². The fourth-order valence-electron chi connectivity index (χ4n) is 1.36. The van der Waals surface area contributed by atoms with Gasteiger partial charge >= 0.3 is 0 Å². The van der Waals surface area contributed by atoms with Crippen molar-refractivity contribution >= 4 is 56.6 Å². The van der Waals surface area contributed by atoms with E-state index in [4.69, 9.17) is 0 Å². The summed E-state index contributed by atoms with van der Waals surface area (Å²) >= 11 is 3.46. The molecule has 0 spiro atoms. The quantitative estimate of drug-likeness (QED) is 0.277. The molecule has 0 N–H and O–H groups in total. The second-order valence-corrected chi connectivity index (χ2v) is 6.13. The first-order chi connectivity index (χ1) is 9.38. The Bertz CT molecular complexity index is 598. The summed E-state index contributed by atoms with van der Waals surface area (Å²) in [7, 11) is 0. The first kappa shape index (κ1) is 15.6. The van der Waals surface area contributed by atoms with Gasteiger partial charge in [-0.2, -0.15) is 0 Å². The standard InChI is InChI=1S/C12H4F4I2N2/c13-7-1-5(17)2-8(14)11(7)19-20-12-9(15)3-6(18)4-10(12)16/h1-4H. The number of benzene rings is 2. The monoisotopic (exact) mass is 506 g/mol. The molecule has 0 radical (unpaired) electrons. The minimum atomic E-state index is -0.954. The van der Waals surface area contributed by atoms with Gasteiger partial charge in [-0.1, -0.05) is 0 Å². The van der Waals surface area contributed by atoms with Gasteiger partial charge in [0, 0.05) is 7.14 Å². The molecule has 0 unspecified atom stereocenters. The largest absolute Gasteiger partial charge is 0.204 e. The summed E-state index contributed by atoms with van der Waals surface area (Å²) in [6.07, 6.45) is 0. The zero-order valence-corrected chi connectivity index (χ0v) is 13.8. The van der Waals surface area contributed by atoms with E-state index in [0.717, 1.165) is 24.3 Å². The normalized spacial score (nSPS) is 11.3. The van der Waals surface area contributed by atoms with E-state index in [1.807, 2.05) is 0 Å². The molecule has 0 aliphatic carbocycles. The van der Waals surface area contributed by atoms with Crippen LogP contribution in [0.15, 0.2) is 34.5 Å². The molecule has 0 bridgehead atoms. The van der Waals surface area contributed by atoms with Gasteiger partial charge in [0.25, 0.3) is 0 Å². The van der Waals surface area contributed by atoms with E-state index in [1.165, 1.54) is 0 Å². The smallest absolute Gasteiger partial charge is 0.157 e. The third-order valence-corrected chi connectivity index (χ3v) is 3.46. The van der Waals surface area contributed by atoms with E-state index in [0.29, 0.717) is 7.14 Å². The molecule has 8 heteroatoms. The molecule has 2 aromatic rings. The molecular weight excluding hydrogens is 502 g/mol. The molecule has 0 aromatic heterocycles. The second kappa shape index (κ2) is 6.33. The Kier molecular flexibility index (Phi) is 4.94. The van der Waals surface area contributed by atoms with Crippen molar-refractivity contribution in [1.29, 1.82) is 0 Å². The molecule has 0 amide bonds. The van der Waals surface area contributed by atoms with E-state index >= 15 is 0 Å². The highest BCUT2D eigenvalue weighted by molar-refractivity contribution is 14.1. The van der Waals surface area contributed by atoms with Crippen molar-refractivity contribution in [1.82, 2.24) is 0 Å². The van der Waals surface area contributed by atoms with Crippen molar-refractivity contribution in [2.45, 2.75) is 0 Å². The van der Waals surface area contributed by atoms with Crippen LogP contribution in [0.5, 0.6) is 0 Å². The van der Waals surface area contributed by atoms with Crippen LogP contribution in [0, 0.1) is 30.4 Å². The van der Waals surface area contributed by atoms with E-state index in [1.54, 1.807) is 45.2 Å². The fraction of sp³-hybridized carbons (Fsp3) is 0. The second-order valence-electron chi connectivity index (χ2n) is 3.64. The Morgan fingerprint density at radius 1 is 0.600 bits per heavy atom. The van der Waals surface area contributed by atoms with Crippen LogP contribution < -0.4 is 0 Å². The minimum Gasteiger partial charge on any atom is -0.204 e. The van der Waals surface area contributed by atoms with Crippen molar-refractivity contribution in [2.24, 2.45) is 10.2 Å². The Balaban J connectivity index is 2.45. The van der Waals surface area contributed by atoms with E-state index in [2.05, 4.69) is 10.2 Å². The summed E-state index contributed by atoms with van der Waals surface area (Å²) in [5.74, 6) is -3.82. The van der Waals surface area contributed by atoms with Crippen molar-refractivity contribution in [3.8, 4) is 0 Å². The van der Waals surface area contributed by atoms with Crippen molar-refractivity contribution in [3.05, 3.63) is 54.7 Å².